The molecule has 6 nitrogen and oxygen atoms in total. The van der Waals surface area contributed by atoms with Crippen molar-refractivity contribution < 1.29 is 0 Å². The molecular formula is C8H13N5OS2. The van der Waals surface area contributed by atoms with Crippen molar-refractivity contribution in [2.24, 2.45) is 7.05 Å². The summed E-state index contributed by atoms with van der Waals surface area (Å²) in [7, 11) is 0.215. The number of nitrogens with zero attached hydrogens (tertiary/aromatic N) is 4. The van der Waals surface area contributed by atoms with Gasteiger partial charge in [0.15, 0.2) is 11.2 Å². The first-order valence-corrected chi connectivity index (χ1v) is 7.94. The number of anilines is 1. The van der Waals surface area contributed by atoms with Gasteiger partial charge < -0.3 is 10.3 Å². The number of nitrogens with two attached hydrogens (primary N) is 1. The molecule has 0 amide bonds. The van der Waals surface area contributed by atoms with Crippen molar-refractivity contribution in [3.63, 3.8) is 0 Å². The molecule has 0 aliphatic carbocycles. The second-order valence-corrected chi connectivity index (χ2v) is 9.31. The molecule has 2 aromatic rings. The zero-order valence-corrected chi connectivity index (χ0v) is 10.9. The van der Waals surface area contributed by atoms with Crippen molar-refractivity contribution in [2.45, 2.75) is 0 Å². The van der Waals surface area contributed by atoms with Gasteiger partial charge in [-0.25, -0.2) is 8.96 Å². The third-order valence-corrected chi connectivity index (χ3v) is 4.03. The zero-order valence-electron chi connectivity index (χ0n) is 9.21. The highest BCUT2D eigenvalue weighted by molar-refractivity contribution is 8.86. The van der Waals surface area contributed by atoms with Crippen molar-refractivity contribution in [1.82, 2.24) is 18.5 Å². The maximum absolute atomic E-state index is 12.2. The molecule has 0 fully saturated rings. The summed E-state index contributed by atoms with van der Waals surface area (Å²) < 4.78 is 3.07. The number of aryl methyl sites for hydroxylation is 1. The van der Waals surface area contributed by atoms with Gasteiger partial charge in [0.05, 0.1) is 0 Å². The Kier molecular flexibility index (Phi) is 2.43. The molecule has 2 rings (SSSR count). The minimum atomic E-state index is -1.48. The largest absolute Gasteiger partial charge is 0.369 e. The van der Waals surface area contributed by atoms with Gasteiger partial charge in [-0.05, 0) is 12.5 Å². The summed E-state index contributed by atoms with van der Waals surface area (Å²) in [5.41, 5.74) is 6.26. The summed E-state index contributed by atoms with van der Waals surface area (Å²) in [5, 5.41) is 0. The first-order chi connectivity index (χ1) is 7.32. The minimum Gasteiger partial charge on any atom is -0.369 e. The normalized spacial score (nSPS) is 13.2. The van der Waals surface area contributed by atoms with Crippen molar-refractivity contribution in [2.75, 3.05) is 18.2 Å². The van der Waals surface area contributed by atoms with Crippen LogP contribution in [0.4, 0.5) is 5.95 Å². The summed E-state index contributed by atoms with van der Waals surface area (Å²) in [6.45, 7) is 0. The highest BCUT2D eigenvalue weighted by Crippen LogP contribution is 2.44. The summed E-state index contributed by atoms with van der Waals surface area (Å²) >= 11 is 4.43. The highest BCUT2D eigenvalue weighted by atomic mass is 33.1. The Bertz CT molecular complexity index is 609. The van der Waals surface area contributed by atoms with Crippen LogP contribution in [0.1, 0.15) is 0 Å². The Hall–Kier alpha value is -1.15. The SMILES string of the molecule is Cn1c(N)nc2ncn(S(C)(C)S)c(=O)c21. The quantitative estimate of drug-likeness (QED) is 0.573. The molecule has 0 spiro atoms. The molecule has 0 radical (unpaired) electrons. The topological polar surface area (TPSA) is 78.7 Å². The van der Waals surface area contributed by atoms with Crippen LogP contribution in [0.3, 0.4) is 0 Å². The lowest BCUT2D eigenvalue weighted by molar-refractivity contribution is 0.948. The number of nitrogen functional groups attached to an aromatic ring is 1. The van der Waals surface area contributed by atoms with Crippen molar-refractivity contribution in [3.8, 4) is 0 Å². The Balaban J connectivity index is 2.90. The van der Waals surface area contributed by atoms with E-state index in [4.69, 9.17) is 5.73 Å². The van der Waals surface area contributed by atoms with Crippen LogP contribution < -0.4 is 11.3 Å². The number of hydrogen-bond acceptors (Lipinski definition) is 5. The van der Waals surface area contributed by atoms with Crippen LogP contribution in [0, 0.1) is 0 Å². The lowest BCUT2D eigenvalue weighted by atomic mass is 10.5. The Morgan fingerprint density at radius 3 is 2.69 bits per heavy atom. The van der Waals surface area contributed by atoms with Gasteiger partial charge in [0.1, 0.15) is 6.33 Å². The molecule has 2 N–H and O–H groups in total. The predicted octanol–water partition coefficient (Wildman–Crippen LogP) is 0.384. The number of aromatic nitrogens is 4. The van der Waals surface area contributed by atoms with E-state index >= 15 is 0 Å². The Labute approximate surface area is 98.7 Å². The van der Waals surface area contributed by atoms with Crippen molar-refractivity contribution >= 4 is 38.0 Å². The summed E-state index contributed by atoms with van der Waals surface area (Å²) in [6, 6.07) is 0. The number of hydrogen-bond donors (Lipinski definition) is 2. The standard InChI is InChI=1S/C8H13N5OS2/c1-12-5-6(11-8(12)9)10-4-13(7(5)14)16(2,3)15/h4,15H,1-3H3,(H2,9,11). The molecule has 16 heavy (non-hydrogen) atoms. The van der Waals surface area contributed by atoms with E-state index in [-0.39, 0.29) is 11.5 Å². The fraction of sp³-hybridized carbons (Fsp3) is 0.375. The fourth-order valence-electron chi connectivity index (χ4n) is 1.41. The van der Waals surface area contributed by atoms with Gasteiger partial charge in [0.2, 0.25) is 5.95 Å². The molecule has 2 heterocycles. The first-order valence-electron chi connectivity index (χ1n) is 4.48. The van der Waals surface area contributed by atoms with Crippen LogP contribution in [0.15, 0.2) is 11.1 Å². The van der Waals surface area contributed by atoms with Crippen LogP contribution in [0.2, 0.25) is 0 Å². The van der Waals surface area contributed by atoms with Crippen molar-refractivity contribution in [1.29, 1.82) is 0 Å². The maximum atomic E-state index is 12.2. The maximum Gasteiger partial charge on any atom is 0.289 e. The van der Waals surface area contributed by atoms with E-state index in [1.54, 1.807) is 11.6 Å². The fourth-order valence-corrected chi connectivity index (χ4v) is 2.53. The molecule has 88 valence electrons. The van der Waals surface area contributed by atoms with Gasteiger partial charge in [0.25, 0.3) is 5.56 Å². The molecule has 0 aliphatic rings. The van der Waals surface area contributed by atoms with Crippen molar-refractivity contribution in [3.05, 3.63) is 16.7 Å². The second-order valence-electron chi connectivity index (χ2n) is 3.80. The molecule has 0 unspecified atom stereocenters. The summed E-state index contributed by atoms with van der Waals surface area (Å²) in [6.07, 6.45) is 5.26. The summed E-state index contributed by atoms with van der Waals surface area (Å²) in [5.74, 6) is 0.282. The molecule has 0 aromatic carbocycles. The molecule has 0 aliphatic heterocycles. The molecule has 0 saturated carbocycles. The molecule has 0 atom stereocenters. The smallest absolute Gasteiger partial charge is 0.289 e. The minimum absolute atomic E-state index is 0.160. The van der Waals surface area contributed by atoms with Gasteiger partial charge in [-0.2, -0.15) is 4.98 Å². The molecule has 8 heteroatoms. The van der Waals surface area contributed by atoms with Gasteiger partial charge in [-0.15, -0.1) is 20.9 Å². The van der Waals surface area contributed by atoms with E-state index in [9.17, 15) is 4.79 Å². The van der Waals surface area contributed by atoms with E-state index < -0.39 is 9.25 Å². The van der Waals surface area contributed by atoms with Gasteiger partial charge in [-0.3, -0.25) is 4.79 Å². The first kappa shape index (κ1) is 11.3. The van der Waals surface area contributed by atoms with Crippen LogP contribution in [-0.4, -0.2) is 31.0 Å². The van der Waals surface area contributed by atoms with E-state index in [0.717, 1.165) is 0 Å². The van der Waals surface area contributed by atoms with Crippen LogP contribution in [0.5, 0.6) is 0 Å². The Morgan fingerprint density at radius 2 is 2.12 bits per heavy atom. The Morgan fingerprint density at radius 1 is 1.50 bits per heavy atom. The van der Waals surface area contributed by atoms with Gasteiger partial charge in [-0.1, -0.05) is 0 Å². The average molecular weight is 259 g/mol. The van der Waals surface area contributed by atoms with Gasteiger partial charge >= 0.3 is 0 Å². The molecule has 0 bridgehead atoms. The lowest BCUT2D eigenvalue weighted by Crippen LogP contribution is -2.23. The van der Waals surface area contributed by atoms with Crippen LogP contribution >= 0.6 is 20.9 Å². The zero-order chi connectivity index (χ0) is 12.1. The second kappa shape index (κ2) is 3.42. The lowest BCUT2D eigenvalue weighted by Gasteiger charge is -2.25. The van der Waals surface area contributed by atoms with Gasteiger partial charge in [0, 0.05) is 7.05 Å². The van der Waals surface area contributed by atoms with E-state index in [1.165, 1.54) is 10.3 Å². The molecule has 2 aromatic heterocycles. The highest BCUT2D eigenvalue weighted by Gasteiger charge is 2.17. The number of fused-ring (bicyclic) bond motifs is 1. The number of imidazole rings is 1. The van der Waals surface area contributed by atoms with E-state index in [2.05, 4.69) is 21.6 Å². The third-order valence-electron chi connectivity index (χ3n) is 2.28. The average Bonchev–Trinajstić information content (AvgIpc) is 2.41. The van der Waals surface area contributed by atoms with Crippen LogP contribution in [0.25, 0.3) is 11.2 Å². The molecule has 0 saturated heterocycles. The van der Waals surface area contributed by atoms with E-state index in [1.807, 2.05) is 12.5 Å². The number of thiol groups is 1. The van der Waals surface area contributed by atoms with E-state index in [0.29, 0.717) is 11.2 Å². The molecular weight excluding hydrogens is 246 g/mol. The third kappa shape index (κ3) is 1.57. The predicted molar refractivity (Wildman–Crippen MR) is 71.0 cm³/mol. The summed E-state index contributed by atoms with van der Waals surface area (Å²) in [4.78, 5) is 20.3. The number of rotatable bonds is 1. The van der Waals surface area contributed by atoms with Crippen LogP contribution in [-0.2, 0) is 7.05 Å². The monoisotopic (exact) mass is 259 g/mol.